The first-order chi connectivity index (χ1) is 9.88. The Labute approximate surface area is 127 Å². The van der Waals surface area contributed by atoms with Crippen LogP contribution in [0.25, 0.3) is 0 Å². The van der Waals surface area contributed by atoms with Gasteiger partial charge in [0.1, 0.15) is 0 Å². The van der Waals surface area contributed by atoms with E-state index in [1.54, 1.807) is 0 Å². The molecule has 1 amide bonds. The third kappa shape index (κ3) is 2.04. The zero-order chi connectivity index (χ0) is 15.3. The average molecular weight is 283 g/mol. The van der Waals surface area contributed by atoms with Gasteiger partial charge in [0.25, 0.3) is 0 Å². The van der Waals surface area contributed by atoms with Crippen LogP contribution in [0.5, 0.6) is 0 Å². The minimum Gasteiger partial charge on any atom is -0.349 e. The molecule has 0 radical (unpaired) electrons. The molecule has 0 heterocycles. The Morgan fingerprint density at radius 3 is 2.57 bits per heavy atom. The van der Waals surface area contributed by atoms with Crippen molar-refractivity contribution in [3.63, 3.8) is 0 Å². The maximum absolute atomic E-state index is 12.9. The lowest BCUT2D eigenvalue weighted by Gasteiger charge is -2.37. The van der Waals surface area contributed by atoms with Crippen LogP contribution in [0.3, 0.4) is 0 Å². The molecule has 0 spiro atoms. The second kappa shape index (κ2) is 4.72. The number of hydrogen-bond donors (Lipinski definition) is 1. The molecule has 2 saturated carbocycles. The van der Waals surface area contributed by atoms with Gasteiger partial charge in [-0.1, -0.05) is 56.3 Å². The largest absolute Gasteiger partial charge is 0.349 e. The maximum Gasteiger partial charge on any atom is 0.230 e. The number of amides is 1. The van der Waals surface area contributed by atoms with E-state index in [1.807, 2.05) is 18.2 Å². The molecule has 1 aromatic rings. The zero-order valence-corrected chi connectivity index (χ0v) is 13.3. The number of carbonyl (C=O) groups excluding carboxylic acids is 1. The van der Waals surface area contributed by atoms with E-state index in [9.17, 15) is 4.79 Å². The summed E-state index contributed by atoms with van der Waals surface area (Å²) >= 11 is 0. The fourth-order valence-electron chi connectivity index (χ4n) is 4.30. The molecule has 3 rings (SSSR count). The predicted octanol–water partition coefficient (Wildman–Crippen LogP) is 4.25. The normalized spacial score (nSPS) is 31.2. The van der Waals surface area contributed by atoms with Gasteiger partial charge in [-0.05, 0) is 43.1 Å². The molecule has 0 saturated heterocycles. The molecular weight excluding hydrogens is 258 g/mol. The van der Waals surface area contributed by atoms with Crippen molar-refractivity contribution in [2.45, 2.75) is 46.1 Å². The highest BCUT2D eigenvalue weighted by atomic mass is 16.2. The van der Waals surface area contributed by atoms with Crippen LogP contribution in [-0.2, 0) is 4.79 Å². The first-order valence-electron chi connectivity index (χ1n) is 7.94. The van der Waals surface area contributed by atoms with Crippen LogP contribution in [0.15, 0.2) is 42.5 Å². The topological polar surface area (TPSA) is 29.1 Å². The molecule has 0 unspecified atom stereocenters. The van der Waals surface area contributed by atoms with E-state index >= 15 is 0 Å². The summed E-state index contributed by atoms with van der Waals surface area (Å²) in [7, 11) is 0. The third-order valence-electron chi connectivity index (χ3n) is 5.97. The molecule has 2 heteroatoms. The third-order valence-corrected chi connectivity index (χ3v) is 5.97. The lowest BCUT2D eigenvalue weighted by Crippen LogP contribution is -2.42. The summed E-state index contributed by atoms with van der Waals surface area (Å²) < 4.78 is 0. The van der Waals surface area contributed by atoms with E-state index in [-0.39, 0.29) is 22.8 Å². The van der Waals surface area contributed by atoms with Gasteiger partial charge in [-0.15, -0.1) is 0 Å². The second-order valence-corrected chi connectivity index (χ2v) is 7.33. The summed E-state index contributed by atoms with van der Waals surface area (Å²) in [6.07, 6.45) is 3.10. The Bertz CT molecular complexity index is 574. The zero-order valence-electron chi connectivity index (χ0n) is 13.3. The first kappa shape index (κ1) is 14.4. The van der Waals surface area contributed by atoms with E-state index in [4.69, 9.17) is 0 Å². The van der Waals surface area contributed by atoms with Crippen LogP contribution in [0.4, 0.5) is 0 Å². The average Bonchev–Trinajstić information content (AvgIpc) is 3.00. The van der Waals surface area contributed by atoms with E-state index in [0.29, 0.717) is 5.92 Å². The molecule has 0 aromatic heterocycles. The fraction of sp³-hybridized carbons (Fsp3) is 0.526. The number of carbonyl (C=O) groups is 1. The first-order valence-corrected chi connectivity index (χ1v) is 7.94. The van der Waals surface area contributed by atoms with Gasteiger partial charge in [0, 0.05) is 0 Å². The van der Waals surface area contributed by atoms with Gasteiger partial charge in [0.05, 0.1) is 11.5 Å². The molecule has 1 N–H and O–H groups in total. The summed E-state index contributed by atoms with van der Waals surface area (Å²) in [6.45, 7) is 10.8. The van der Waals surface area contributed by atoms with E-state index in [2.05, 4.69) is 44.8 Å². The van der Waals surface area contributed by atoms with Gasteiger partial charge in [-0.3, -0.25) is 4.79 Å². The Morgan fingerprint density at radius 2 is 2.00 bits per heavy atom. The van der Waals surface area contributed by atoms with Crippen molar-refractivity contribution in [2.24, 2.45) is 16.7 Å². The van der Waals surface area contributed by atoms with Crippen molar-refractivity contribution in [2.75, 3.05) is 0 Å². The minimum atomic E-state index is -0.322. The Balaban J connectivity index is 1.79. The monoisotopic (exact) mass is 283 g/mol. The predicted molar refractivity (Wildman–Crippen MR) is 85.7 cm³/mol. The maximum atomic E-state index is 12.9. The van der Waals surface area contributed by atoms with E-state index in [1.165, 1.54) is 0 Å². The number of rotatable bonds is 3. The van der Waals surface area contributed by atoms with Crippen LogP contribution in [0.2, 0.25) is 0 Å². The molecule has 112 valence electrons. The molecule has 2 fully saturated rings. The van der Waals surface area contributed by atoms with Gasteiger partial charge in [-0.25, -0.2) is 0 Å². The number of benzene rings is 1. The molecule has 2 nitrogen and oxygen atoms in total. The molecule has 3 atom stereocenters. The molecule has 2 aliphatic rings. The molecule has 1 aromatic carbocycles. The summed E-state index contributed by atoms with van der Waals surface area (Å²) in [5.41, 5.74) is 2.08. The van der Waals surface area contributed by atoms with Crippen molar-refractivity contribution in [3.05, 3.63) is 48.0 Å². The number of hydrogen-bond acceptors (Lipinski definition) is 1. The summed E-state index contributed by atoms with van der Waals surface area (Å²) in [5.74, 6) is 0.791. The minimum absolute atomic E-state index is 0.0450. The molecular formula is C19H25NO. The van der Waals surface area contributed by atoms with Crippen molar-refractivity contribution >= 4 is 5.91 Å². The van der Waals surface area contributed by atoms with Gasteiger partial charge < -0.3 is 5.32 Å². The quantitative estimate of drug-likeness (QED) is 0.826. The molecule has 0 aliphatic heterocycles. The Hall–Kier alpha value is -1.57. The van der Waals surface area contributed by atoms with E-state index in [0.717, 1.165) is 30.4 Å². The second-order valence-electron chi connectivity index (χ2n) is 7.33. The van der Waals surface area contributed by atoms with Crippen LogP contribution >= 0.6 is 0 Å². The molecule has 21 heavy (non-hydrogen) atoms. The van der Waals surface area contributed by atoms with Crippen molar-refractivity contribution < 1.29 is 4.79 Å². The van der Waals surface area contributed by atoms with Crippen molar-refractivity contribution in [3.8, 4) is 0 Å². The van der Waals surface area contributed by atoms with Crippen molar-refractivity contribution in [1.82, 2.24) is 5.32 Å². The van der Waals surface area contributed by atoms with Gasteiger partial charge >= 0.3 is 0 Å². The highest BCUT2D eigenvalue weighted by Gasteiger charge is 2.60. The van der Waals surface area contributed by atoms with E-state index < -0.39 is 0 Å². The SMILES string of the molecule is C=C1C(C)(C)[C@H]2CC[C@@]1(C(=O)N[C@H](C)c1ccccc1)C2. The highest BCUT2D eigenvalue weighted by molar-refractivity contribution is 5.87. The Kier molecular flexibility index (Phi) is 3.23. The number of fused-ring (bicyclic) bond motifs is 2. The van der Waals surface area contributed by atoms with Gasteiger partial charge in [0.15, 0.2) is 0 Å². The summed E-state index contributed by atoms with van der Waals surface area (Å²) in [4.78, 5) is 12.9. The highest BCUT2D eigenvalue weighted by Crippen LogP contribution is 2.65. The summed E-state index contributed by atoms with van der Waals surface area (Å²) in [6, 6.07) is 10.2. The number of nitrogens with one attached hydrogen (secondary N) is 1. The lowest BCUT2D eigenvalue weighted by atomic mass is 9.68. The lowest BCUT2D eigenvalue weighted by molar-refractivity contribution is -0.129. The van der Waals surface area contributed by atoms with Gasteiger partial charge in [0.2, 0.25) is 5.91 Å². The van der Waals surface area contributed by atoms with Crippen LogP contribution < -0.4 is 5.32 Å². The molecule has 2 aliphatic carbocycles. The van der Waals surface area contributed by atoms with Gasteiger partial charge in [-0.2, -0.15) is 0 Å². The fourth-order valence-corrected chi connectivity index (χ4v) is 4.30. The standard InChI is InChI=1S/C19H25NO/c1-13(15-8-6-5-7-9-15)20-17(21)19-11-10-16(12-19)18(3,4)14(19)2/h5-9,13,16H,2,10-12H2,1,3-4H3,(H,20,21)/t13-,16+,19-/m1/s1. The van der Waals surface area contributed by atoms with Crippen LogP contribution in [-0.4, -0.2) is 5.91 Å². The smallest absolute Gasteiger partial charge is 0.230 e. The van der Waals surface area contributed by atoms with Crippen LogP contribution in [0, 0.1) is 16.7 Å². The van der Waals surface area contributed by atoms with Crippen molar-refractivity contribution in [1.29, 1.82) is 0 Å². The Morgan fingerprint density at radius 1 is 1.33 bits per heavy atom. The summed E-state index contributed by atoms with van der Waals surface area (Å²) in [5, 5.41) is 3.22. The molecule has 2 bridgehead atoms. The van der Waals surface area contributed by atoms with Crippen LogP contribution in [0.1, 0.15) is 51.6 Å².